The molecule has 1 aromatic heterocycles. The predicted molar refractivity (Wildman–Crippen MR) is 48.2 cm³/mol. The molecule has 0 radical (unpaired) electrons. The molecular formula is C8H13N3O2. The van der Waals surface area contributed by atoms with E-state index in [1.165, 1.54) is 0 Å². The van der Waals surface area contributed by atoms with Gasteiger partial charge in [-0.3, -0.25) is 9.48 Å². The molecule has 0 bridgehead atoms. The molecule has 0 saturated heterocycles. The monoisotopic (exact) mass is 183 g/mol. The highest BCUT2D eigenvalue weighted by molar-refractivity contribution is 5.69. The van der Waals surface area contributed by atoms with Gasteiger partial charge in [0.2, 0.25) is 0 Å². The third-order valence-corrected chi connectivity index (χ3v) is 1.87. The summed E-state index contributed by atoms with van der Waals surface area (Å²) in [5.74, 6) is -0.846. The summed E-state index contributed by atoms with van der Waals surface area (Å²) in [6.45, 7) is 3.84. The first kappa shape index (κ1) is 9.57. The van der Waals surface area contributed by atoms with Gasteiger partial charge in [-0.05, 0) is 6.92 Å². The quantitative estimate of drug-likeness (QED) is 0.714. The molecule has 0 amide bonds. The third-order valence-electron chi connectivity index (χ3n) is 1.87. The summed E-state index contributed by atoms with van der Waals surface area (Å²) in [4.78, 5) is 10.5. The van der Waals surface area contributed by atoms with Gasteiger partial charge in [0.05, 0.1) is 12.5 Å². The topological polar surface area (TPSA) is 81.1 Å². The molecule has 1 rings (SSSR count). The number of nitrogens with two attached hydrogens (primary N) is 1. The maximum absolute atomic E-state index is 10.5. The summed E-state index contributed by atoms with van der Waals surface area (Å²) in [5, 5.41) is 12.6. The maximum Gasteiger partial charge on any atom is 0.308 e. The minimum absolute atomic E-state index is 0.359. The fourth-order valence-corrected chi connectivity index (χ4v) is 1.06. The maximum atomic E-state index is 10.5. The van der Waals surface area contributed by atoms with Gasteiger partial charge in [0.25, 0.3) is 0 Å². The van der Waals surface area contributed by atoms with E-state index in [-0.39, 0.29) is 0 Å². The number of aromatic nitrogens is 2. The van der Waals surface area contributed by atoms with Crippen LogP contribution in [0.15, 0.2) is 6.07 Å². The average molecular weight is 183 g/mol. The van der Waals surface area contributed by atoms with Crippen molar-refractivity contribution < 1.29 is 9.90 Å². The molecule has 72 valence electrons. The van der Waals surface area contributed by atoms with Crippen LogP contribution < -0.4 is 5.73 Å². The SMILES string of the molecule is Cc1cc(N)nn1C[C@@H](C)C(=O)O. The van der Waals surface area contributed by atoms with E-state index in [9.17, 15) is 4.79 Å². The highest BCUT2D eigenvalue weighted by Crippen LogP contribution is 2.07. The number of anilines is 1. The number of nitrogens with zero attached hydrogens (tertiary/aromatic N) is 2. The third kappa shape index (κ3) is 2.21. The van der Waals surface area contributed by atoms with Crippen molar-refractivity contribution in [2.45, 2.75) is 20.4 Å². The molecule has 0 fully saturated rings. The zero-order valence-electron chi connectivity index (χ0n) is 7.69. The summed E-state index contributed by atoms with van der Waals surface area (Å²) >= 11 is 0. The molecule has 1 atom stereocenters. The Morgan fingerprint density at radius 1 is 1.85 bits per heavy atom. The van der Waals surface area contributed by atoms with Crippen LogP contribution in [-0.2, 0) is 11.3 Å². The van der Waals surface area contributed by atoms with Crippen LogP contribution in [0, 0.1) is 12.8 Å². The minimum atomic E-state index is -0.825. The fraction of sp³-hybridized carbons (Fsp3) is 0.500. The first-order valence-electron chi connectivity index (χ1n) is 4.03. The smallest absolute Gasteiger partial charge is 0.308 e. The van der Waals surface area contributed by atoms with Crippen molar-refractivity contribution in [1.29, 1.82) is 0 Å². The zero-order valence-corrected chi connectivity index (χ0v) is 7.69. The summed E-state index contributed by atoms with van der Waals surface area (Å²) in [6.07, 6.45) is 0. The number of carbonyl (C=O) groups is 1. The van der Waals surface area contributed by atoms with Crippen molar-refractivity contribution in [2.24, 2.45) is 5.92 Å². The van der Waals surface area contributed by atoms with Gasteiger partial charge in [0, 0.05) is 11.8 Å². The number of nitrogen functional groups attached to an aromatic ring is 1. The van der Waals surface area contributed by atoms with E-state index in [0.717, 1.165) is 5.69 Å². The zero-order chi connectivity index (χ0) is 10.0. The summed E-state index contributed by atoms with van der Waals surface area (Å²) in [5.41, 5.74) is 6.33. The molecule has 0 saturated carbocycles. The van der Waals surface area contributed by atoms with Crippen molar-refractivity contribution in [3.05, 3.63) is 11.8 Å². The Hall–Kier alpha value is -1.52. The molecule has 0 spiro atoms. The summed E-state index contributed by atoms with van der Waals surface area (Å²) in [7, 11) is 0. The highest BCUT2D eigenvalue weighted by Gasteiger charge is 2.13. The number of aryl methyl sites for hydroxylation is 1. The average Bonchev–Trinajstić information content (AvgIpc) is 2.30. The lowest BCUT2D eigenvalue weighted by Crippen LogP contribution is -2.18. The molecule has 0 aliphatic carbocycles. The lowest BCUT2D eigenvalue weighted by Gasteiger charge is -2.07. The van der Waals surface area contributed by atoms with Crippen molar-refractivity contribution in [3.63, 3.8) is 0 Å². The molecule has 0 unspecified atom stereocenters. The number of aliphatic carboxylic acids is 1. The Kier molecular flexibility index (Phi) is 2.55. The standard InChI is InChI=1S/C8H13N3O2/c1-5(8(12)13)4-11-6(2)3-7(9)10-11/h3,5H,4H2,1-2H3,(H2,9,10)(H,12,13)/t5-/m1/s1. The lowest BCUT2D eigenvalue weighted by atomic mass is 10.2. The van der Waals surface area contributed by atoms with Crippen LogP contribution in [0.4, 0.5) is 5.82 Å². The summed E-state index contributed by atoms with van der Waals surface area (Å²) < 4.78 is 1.61. The largest absolute Gasteiger partial charge is 0.481 e. The second kappa shape index (κ2) is 3.47. The van der Waals surface area contributed by atoms with Gasteiger partial charge in [-0.2, -0.15) is 5.10 Å². The predicted octanol–water partition coefficient (Wildman–Crippen LogP) is 0.494. The van der Waals surface area contributed by atoms with E-state index in [1.54, 1.807) is 17.7 Å². The number of hydrogen-bond donors (Lipinski definition) is 2. The molecule has 1 aromatic rings. The molecule has 0 aliphatic rings. The second-order valence-electron chi connectivity index (χ2n) is 3.13. The van der Waals surface area contributed by atoms with E-state index in [0.29, 0.717) is 12.4 Å². The van der Waals surface area contributed by atoms with Crippen LogP contribution in [0.3, 0.4) is 0 Å². The number of rotatable bonds is 3. The first-order valence-corrected chi connectivity index (χ1v) is 4.03. The molecular weight excluding hydrogens is 170 g/mol. The normalized spacial score (nSPS) is 12.8. The second-order valence-corrected chi connectivity index (χ2v) is 3.13. The number of carboxylic acid groups (broad SMARTS) is 1. The number of hydrogen-bond acceptors (Lipinski definition) is 3. The molecule has 3 N–H and O–H groups in total. The van der Waals surface area contributed by atoms with E-state index in [4.69, 9.17) is 10.8 Å². The lowest BCUT2D eigenvalue weighted by molar-refractivity contribution is -0.141. The van der Waals surface area contributed by atoms with Gasteiger partial charge in [0.15, 0.2) is 0 Å². The fourth-order valence-electron chi connectivity index (χ4n) is 1.06. The summed E-state index contributed by atoms with van der Waals surface area (Å²) in [6, 6.07) is 1.72. The molecule has 0 aliphatic heterocycles. The molecule has 0 aromatic carbocycles. The highest BCUT2D eigenvalue weighted by atomic mass is 16.4. The van der Waals surface area contributed by atoms with E-state index in [2.05, 4.69) is 5.10 Å². The Morgan fingerprint density at radius 3 is 2.85 bits per heavy atom. The van der Waals surface area contributed by atoms with Crippen LogP contribution in [0.1, 0.15) is 12.6 Å². The molecule has 1 heterocycles. The molecule has 5 heteroatoms. The van der Waals surface area contributed by atoms with Crippen LogP contribution in [0.25, 0.3) is 0 Å². The minimum Gasteiger partial charge on any atom is -0.481 e. The van der Waals surface area contributed by atoms with Crippen molar-refractivity contribution in [2.75, 3.05) is 5.73 Å². The van der Waals surface area contributed by atoms with Gasteiger partial charge in [0.1, 0.15) is 5.82 Å². The Bertz CT molecular complexity index is 319. The van der Waals surface area contributed by atoms with Crippen LogP contribution in [0.2, 0.25) is 0 Å². The van der Waals surface area contributed by atoms with Crippen LogP contribution in [-0.4, -0.2) is 20.9 Å². The van der Waals surface area contributed by atoms with E-state index >= 15 is 0 Å². The van der Waals surface area contributed by atoms with E-state index < -0.39 is 11.9 Å². The van der Waals surface area contributed by atoms with Gasteiger partial charge in [-0.15, -0.1) is 0 Å². The Labute approximate surface area is 76.2 Å². The van der Waals surface area contributed by atoms with Gasteiger partial charge in [-0.1, -0.05) is 6.92 Å². The van der Waals surface area contributed by atoms with Crippen molar-refractivity contribution in [1.82, 2.24) is 9.78 Å². The number of carboxylic acids is 1. The Morgan fingerprint density at radius 2 is 2.46 bits per heavy atom. The van der Waals surface area contributed by atoms with E-state index in [1.807, 2.05) is 6.92 Å². The Balaban J connectivity index is 2.74. The van der Waals surface area contributed by atoms with Crippen LogP contribution in [0.5, 0.6) is 0 Å². The van der Waals surface area contributed by atoms with Crippen molar-refractivity contribution >= 4 is 11.8 Å². The molecule has 5 nitrogen and oxygen atoms in total. The first-order chi connectivity index (χ1) is 6.00. The van der Waals surface area contributed by atoms with Gasteiger partial charge < -0.3 is 10.8 Å². The van der Waals surface area contributed by atoms with Crippen LogP contribution >= 0.6 is 0 Å². The van der Waals surface area contributed by atoms with Crippen molar-refractivity contribution in [3.8, 4) is 0 Å². The van der Waals surface area contributed by atoms with Gasteiger partial charge >= 0.3 is 5.97 Å². The van der Waals surface area contributed by atoms with Gasteiger partial charge in [-0.25, -0.2) is 0 Å². The molecule has 13 heavy (non-hydrogen) atoms.